The van der Waals surface area contributed by atoms with Crippen molar-refractivity contribution in [2.75, 3.05) is 6.54 Å². The molecule has 1 aromatic carbocycles. The van der Waals surface area contributed by atoms with Crippen molar-refractivity contribution in [2.24, 2.45) is 5.73 Å². The van der Waals surface area contributed by atoms with Gasteiger partial charge in [-0.1, -0.05) is 18.6 Å². The van der Waals surface area contributed by atoms with Crippen LogP contribution in [-0.4, -0.2) is 18.0 Å². The average Bonchev–Trinajstić information content (AvgIpc) is 3.09. The smallest absolute Gasteiger partial charge is 0.240 e. The fraction of sp³-hybridized carbons (Fsp3) is 0.533. The predicted molar refractivity (Wildman–Crippen MR) is 71.1 cm³/mol. The maximum absolute atomic E-state index is 13.0. The molecule has 0 aromatic heterocycles. The van der Waals surface area contributed by atoms with Crippen molar-refractivity contribution in [2.45, 2.75) is 43.1 Å². The molecule has 102 valence electrons. The lowest BCUT2D eigenvalue weighted by Gasteiger charge is -2.42. The zero-order valence-electron chi connectivity index (χ0n) is 10.9. The van der Waals surface area contributed by atoms with Gasteiger partial charge in [0, 0.05) is 12.0 Å². The zero-order valence-corrected chi connectivity index (χ0v) is 10.9. The van der Waals surface area contributed by atoms with Gasteiger partial charge < -0.3 is 11.1 Å². The Morgan fingerprint density at radius 2 is 1.84 bits per heavy atom. The van der Waals surface area contributed by atoms with Crippen LogP contribution in [0.2, 0.25) is 0 Å². The number of carbonyl (C=O) groups is 1. The highest BCUT2D eigenvalue weighted by molar-refractivity contribution is 5.89. The fourth-order valence-corrected chi connectivity index (χ4v) is 2.76. The van der Waals surface area contributed by atoms with Gasteiger partial charge in [-0.15, -0.1) is 0 Å². The summed E-state index contributed by atoms with van der Waals surface area (Å²) in [7, 11) is 0. The molecule has 0 heterocycles. The Kier molecular flexibility index (Phi) is 2.86. The molecular weight excluding hydrogens is 243 g/mol. The summed E-state index contributed by atoms with van der Waals surface area (Å²) in [6, 6.07) is 6.64. The Balaban J connectivity index is 1.69. The summed E-state index contributed by atoms with van der Waals surface area (Å²) >= 11 is 0. The van der Waals surface area contributed by atoms with Gasteiger partial charge in [0.25, 0.3) is 0 Å². The third-order valence-corrected chi connectivity index (χ3v) is 4.60. The van der Waals surface area contributed by atoms with Crippen LogP contribution in [-0.2, 0) is 10.2 Å². The molecule has 2 fully saturated rings. The number of amides is 1. The lowest BCUT2D eigenvalue weighted by Crippen LogP contribution is -2.50. The van der Waals surface area contributed by atoms with Gasteiger partial charge >= 0.3 is 0 Å². The molecule has 3 nitrogen and oxygen atoms in total. The van der Waals surface area contributed by atoms with E-state index < -0.39 is 5.54 Å². The van der Waals surface area contributed by atoms with Crippen molar-refractivity contribution in [3.8, 4) is 0 Å². The molecule has 0 atom stereocenters. The highest BCUT2D eigenvalue weighted by Crippen LogP contribution is 2.43. The van der Waals surface area contributed by atoms with Gasteiger partial charge in [-0.2, -0.15) is 0 Å². The van der Waals surface area contributed by atoms with Crippen molar-refractivity contribution >= 4 is 5.91 Å². The molecule has 2 aliphatic carbocycles. The SMILES string of the molecule is NC1(C(=O)NCC2(c3ccc(F)cc3)CCC2)CC1. The number of hydrogen-bond acceptors (Lipinski definition) is 2. The van der Waals surface area contributed by atoms with E-state index in [1.165, 1.54) is 12.1 Å². The minimum absolute atomic E-state index is 0.0192. The van der Waals surface area contributed by atoms with E-state index in [2.05, 4.69) is 5.32 Å². The van der Waals surface area contributed by atoms with E-state index in [0.29, 0.717) is 6.54 Å². The molecular formula is C15H19FN2O. The van der Waals surface area contributed by atoms with E-state index in [4.69, 9.17) is 5.73 Å². The first-order chi connectivity index (χ1) is 9.04. The normalized spacial score (nSPS) is 22.4. The van der Waals surface area contributed by atoms with Crippen LogP contribution in [0, 0.1) is 5.82 Å². The van der Waals surface area contributed by atoms with Gasteiger partial charge in [-0.05, 0) is 43.4 Å². The van der Waals surface area contributed by atoms with Gasteiger partial charge in [-0.25, -0.2) is 4.39 Å². The molecule has 3 N–H and O–H groups in total. The summed E-state index contributed by atoms with van der Waals surface area (Å²) in [6.45, 7) is 0.608. The average molecular weight is 262 g/mol. The maximum Gasteiger partial charge on any atom is 0.240 e. The van der Waals surface area contributed by atoms with Gasteiger partial charge in [-0.3, -0.25) is 4.79 Å². The molecule has 19 heavy (non-hydrogen) atoms. The Morgan fingerprint density at radius 3 is 2.32 bits per heavy atom. The highest BCUT2D eigenvalue weighted by Gasteiger charge is 2.47. The van der Waals surface area contributed by atoms with Crippen LogP contribution in [0.15, 0.2) is 24.3 Å². The monoisotopic (exact) mass is 262 g/mol. The summed E-state index contributed by atoms with van der Waals surface area (Å²) in [6.07, 6.45) is 4.79. The largest absolute Gasteiger partial charge is 0.354 e. The third kappa shape index (κ3) is 2.25. The quantitative estimate of drug-likeness (QED) is 0.870. The standard InChI is InChI=1S/C15H19FN2O/c16-12-4-2-11(3-5-12)14(6-1-7-14)10-18-13(19)15(17)8-9-15/h2-5H,1,6-10,17H2,(H,18,19). The van der Waals surface area contributed by atoms with Crippen LogP contribution in [0.25, 0.3) is 0 Å². The van der Waals surface area contributed by atoms with E-state index in [-0.39, 0.29) is 17.1 Å². The molecule has 0 aliphatic heterocycles. The van der Waals surface area contributed by atoms with Crippen LogP contribution in [0.4, 0.5) is 4.39 Å². The third-order valence-electron chi connectivity index (χ3n) is 4.60. The molecule has 0 saturated heterocycles. The number of carbonyl (C=O) groups excluding carboxylic acids is 1. The van der Waals surface area contributed by atoms with Crippen LogP contribution in [0.1, 0.15) is 37.7 Å². The number of nitrogens with one attached hydrogen (secondary N) is 1. The van der Waals surface area contributed by atoms with Gasteiger partial charge in [0.1, 0.15) is 5.82 Å². The van der Waals surface area contributed by atoms with Crippen molar-refractivity contribution in [1.82, 2.24) is 5.32 Å². The molecule has 0 radical (unpaired) electrons. The van der Waals surface area contributed by atoms with Gasteiger partial charge in [0.2, 0.25) is 5.91 Å². The second kappa shape index (κ2) is 4.30. The van der Waals surface area contributed by atoms with Crippen LogP contribution >= 0.6 is 0 Å². The van der Waals surface area contributed by atoms with Crippen molar-refractivity contribution in [1.29, 1.82) is 0 Å². The predicted octanol–water partition coefficient (Wildman–Crippen LogP) is 1.85. The molecule has 4 heteroatoms. The molecule has 1 amide bonds. The van der Waals surface area contributed by atoms with Crippen molar-refractivity contribution in [3.05, 3.63) is 35.6 Å². The van der Waals surface area contributed by atoms with Crippen LogP contribution in [0.3, 0.4) is 0 Å². The minimum Gasteiger partial charge on any atom is -0.354 e. The minimum atomic E-state index is -0.617. The summed E-state index contributed by atoms with van der Waals surface area (Å²) in [5, 5.41) is 2.98. The lowest BCUT2D eigenvalue weighted by atomic mass is 9.64. The molecule has 1 aromatic rings. The summed E-state index contributed by atoms with van der Waals surface area (Å²) in [5.41, 5.74) is 6.35. The van der Waals surface area contributed by atoms with E-state index in [1.54, 1.807) is 0 Å². The molecule has 3 rings (SSSR count). The Hall–Kier alpha value is -1.42. The van der Waals surface area contributed by atoms with Crippen molar-refractivity contribution < 1.29 is 9.18 Å². The summed E-state index contributed by atoms with van der Waals surface area (Å²) < 4.78 is 13.0. The van der Waals surface area contributed by atoms with Gasteiger partial charge in [0.15, 0.2) is 0 Å². The van der Waals surface area contributed by atoms with Crippen LogP contribution in [0.5, 0.6) is 0 Å². The second-order valence-electron chi connectivity index (χ2n) is 5.98. The highest BCUT2D eigenvalue weighted by atomic mass is 19.1. The Bertz CT molecular complexity index is 489. The number of halogens is 1. The first kappa shape index (κ1) is 12.6. The molecule has 0 spiro atoms. The number of hydrogen-bond donors (Lipinski definition) is 2. The maximum atomic E-state index is 13.0. The summed E-state index contributed by atoms with van der Waals surface area (Å²) in [4.78, 5) is 11.9. The van der Waals surface area contributed by atoms with Crippen LogP contribution < -0.4 is 11.1 Å². The van der Waals surface area contributed by atoms with E-state index in [1.807, 2.05) is 12.1 Å². The second-order valence-corrected chi connectivity index (χ2v) is 5.98. The van der Waals surface area contributed by atoms with E-state index in [9.17, 15) is 9.18 Å². The molecule has 0 bridgehead atoms. The fourth-order valence-electron chi connectivity index (χ4n) is 2.76. The van der Waals surface area contributed by atoms with Gasteiger partial charge in [0.05, 0.1) is 5.54 Å². The van der Waals surface area contributed by atoms with E-state index >= 15 is 0 Å². The Labute approximate surface area is 112 Å². The summed E-state index contributed by atoms with van der Waals surface area (Å²) in [5.74, 6) is -0.262. The molecule has 2 aliphatic rings. The first-order valence-electron chi connectivity index (χ1n) is 6.87. The Morgan fingerprint density at radius 1 is 1.21 bits per heavy atom. The number of benzene rings is 1. The number of rotatable bonds is 4. The lowest BCUT2D eigenvalue weighted by molar-refractivity contribution is -0.123. The van der Waals surface area contributed by atoms with E-state index in [0.717, 1.165) is 37.7 Å². The molecule has 2 saturated carbocycles. The zero-order chi connectivity index (χ0) is 13.5. The topological polar surface area (TPSA) is 55.1 Å². The van der Waals surface area contributed by atoms with Crippen molar-refractivity contribution in [3.63, 3.8) is 0 Å². The first-order valence-corrected chi connectivity index (χ1v) is 6.87. The molecule has 0 unspecified atom stereocenters. The number of nitrogens with two attached hydrogens (primary N) is 1.